The quantitative estimate of drug-likeness (QED) is 0.750. The molecule has 0 bridgehead atoms. The average Bonchev–Trinajstić information content (AvgIpc) is 2.28. The van der Waals surface area contributed by atoms with Gasteiger partial charge in [0.15, 0.2) is 11.6 Å². The summed E-state index contributed by atoms with van der Waals surface area (Å²) in [4.78, 5) is 15.1. The molecule has 0 atom stereocenters. The third-order valence-corrected chi connectivity index (χ3v) is 2.23. The lowest BCUT2D eigenvalue weighted by atomic mass is 10.2. The molecule has 0 unspecified atom stereocenters. The number of nitrogens with one attached hydrogen (secondary N) is 1. The van der Waals surface area contributed by atoms with Crippen LogP contribution in [0.4, 0.5) is 10.2 Å². The van der Waals surface area contributed by atoms with Crippen molar-refractivity contribution < 1.29 is 9.18 Å². The lowest BCUT2D eigenvalue weighted by molar-refractivity contribution is 0.0949. The number of carbonyl (C=O) groups is 1. The number of carbonyl (C=O) groups excluding carboxylic acids is 1. The topological polar surface area (TPSA) is 68.0 Å². The Labute approximate surface area is 94.1 Å². The van der Waals surface area contributed by atoms with Gasteiger partial charge in [0.2, 0.25) is 0 Å². The van der Waals surface area contributed by atoms with Crippen LogP contribution >= 0.6 is 0 Å². The van der Waals surface area contributed by atoms with Crippen LogP contribution in [0.25, 0.3) is 0 Å². The van der Waals surface area contributed by atoms with Crippen molar-refractivity contribution in [1.29, 1.82) is 0 Å². The monoisotopic (exact) mass is 225 g/mol. The molecule has 1 amide bonds. The summed E-state index contributed by atoms with van der Waals surface area (Å²) in [5.74, 6) is -1.44. The van der Waals surface area contributed by atoms with E-state index in [9.17, 15) is 9.18 Å². The van der Waals surface area contributed by atoms with Crippen molar-refractivity contribution in [2.24, 2.45) is 0 Å². The number of nitrogens with zero attached hydrogens (tertiary/aromatic N) is 1. The van der Waals surface area contributed by atoms with Gasteiger partial charge in [0.1, 0.15) is 0 Å². The number of anilines is 1. The normalized spacial score (nSPS) is 10.1. The third kappa shape index (κ3) is 3.18. The Morgan fingerprint density at radius 2 is 2.31 bits per heavy atom. The predicted molar refractivity (Wildman–Crippen MR) is 60.5 cm³/mol. The van der Waals surface area contributed by atoms with Crippen LogP contribution in [0.15, 0.2) is 12.3 Å². The summed E-state index contributed by atoms with van der Waals surface area (Å²) in [5.41, 5.74) is 5.22. The highest BCUT2D eigenvalue weighted by atomic mass is 19.1. The van der Waals surface area contributed by atoms with Gasteiger partial charge in [-0.2, -0.15) is 0 Å². The number of nitrogens with two attached hydrogens (primary N) is 1. The first-order valence-corrected chi connectivity index (χ1v) is 5.35. The maximum atomic E-state index is 13.4. The number of rotatable bonds is 5. The van der Waals surface area contributed by atoms with Crippen molar-refractivity contribution in [1.82, 2.24) is 10.3 Å². The number of unbranched alkanes of at least 4 members (excludes halogenated alkanes) is 2. The predicted octanol–water partition coefficient (Wildman–Crippen LogP) is 1.72. The van der Waals surface area contributed by atoms with Crippen molar-refractivity contribution >= 4 is 11.7 Å². The molecule has 1 aromatic rings. The van der Waals surface area contributed by atoms with Crippen LogP contribution < -0.4 is 11.1 Å². The largest absolute Gasteiger partial charge is 0.381 e. The molecular weight excluding hydrogens is 209 g/mol. The number of aromatic nitrogens is 1. The first-order chi connectivity index (χ1) is 7.66. The summed E-state index contributed by atoms with van der Waals surface area (Å²) in [6.07, 6.45) is 4.33. The van der Waals surface area contributed by atoms with Gasteiger partial charge in [-0.25, -0.2) is 9.37 Å². The third-order valence-electron chi connectivity index (χ3n) is 2.23. The Morgan fingerprint density at radius 1 is 1.56 bits per heavy atom. The van der Waals surface area contributed by atoms with Crippen LogP contribution in [0.2, 0.25) is 0 Å². The molecule has 0 saturated carbocycles. The fourth-order valence-electron chi connectivity index (χ4n) is 1.31. The van der Waals surface area contributed by atoms with E-state index in [2.05, 4.69) is 17.2 Å². The molecule has 4 nitrogen and oxygen atoms in total. The average molecular weight is 225 g/mol. The molecule has 0 aliphatic carbocycles. The number of nitrogen functional groups attached to an aromatic ring is 1. The molecule has 0 aliphatic heterocycles. The van der Waals surface area contributed by atoms with E-state index in [1.54, 1.807) is 0 Å². The van der Waals surface area contributed by atoms with Gasteiger partial charge in [-0.05, 0) is 12.5 Å². The molecule has 3 N–H and O–H groups in total. The molecule has 0 aliphatic rings. The van der Waals surface area contributed by atoms with Gasteiger partial charge in [0.25, 0.3) is 5.91 Å². The summed E-state index contributed by atoms with van der Waals surface area (Å²) in [6, 6.07) is 1.32. The minimum atomic E-state index is -0.754. The number of hydrogen-bond acceptors (Lipinski definition) is 3. The van der Waals surface area contributed by atoms with Crippen molar-refractivity contribution in [2.45, 2.75) is 26.2 Å². The number of pyridine rings is 1. The van der Waals surface area contributed by atoms with E-state index in [4.69, 9.17) is 5.73 Å². The highest BCUT2D eigenvalue weighted by Gasteiger charge is 2.13. The highest BCUT2D eigenvalue weighted by molar-refractivity contribution is 5.95. The van der Waals surface area contributed by atoms with Crippen LogP contribution in [0.3, 0.4) is 0 Å². The maximum absolute atomic E-state index is 13.4. The molecule has 1 aromatic heterocycles. The molecule has 0 spiro atoms. The standard InChI is InChI=1S/C11H16FN3O/c1-2-3-4-6-15-11(16)8-5-7-14-10(13)9(8)12/h5,7H,2-4,6H2,1H3,(H2,13,14)(H,15,16). The summed E-state index contributed by atoms with van der Waals surface area (Å²) in [7, 11) is 0. The van der Waals surface area contributed by atoms with Crippen LogP contribution in [0.1, 0.15) is 36.5 Å². The van der Waals surface area contributed by atoms with Crippen LogP contribution in [-0.2, 0) is 0 Å². The zero-order chi connectivity index (χ0) is 12.0. The van der Waals surface area contributed by atoms with Gasteiger partial charge in [-0.1, -0.05) is 19.8 Å². The van der Waals surface area contributed by atoms with Crippen LogP contribution in [0.5, 0.6) is 0 Å². The highest BCUT2D eigenvalue weighted by Crippen LogP contribution is 2.11. The van der Waals surface area contributed by atoms with Gasteiger partial charge in [0, 0.05) is 12.7 Å². The summed E-state index contributed by atoms with van der Waals surface area (Å²) in [6.45, 7) is 2.62. The van der Waals surface area contributed by atoms with E-state index in [1.165, 1.54) is 12.3 Å². The molecule has 0 saturated heterocycles. The van der Waals surface area contributed by atoms with Crippen molar-refractivity contribution in [3.63, 3.8) is 0 Å². The Morgan fingerprint density at radius 3 is 3.00 bits per heavy atom. The fraction of sp³-hybridized carbons (Fsp3) is 0.455. The molecule has 1 heterocycles. The zero-order valence-corrected chi connectivity index (χ0v) is 9.29. The lowest BCUT2D eigenvalue weighted by Crippen LogP contribution is -2.25. The molecule has 0 aromatic carbocycles. The lowest BCUT2D eigenvalue weighted by Gasteiger charge is -2.06. The van der Waals surface area contributed by atoms with Gasteiger partial charge in [0.05, 0.1) is 5.56 Å². The second-order valence-electron chi connectivity index (χ2n) is 3.52. The summed E-state index contributed by atoms with van der Waals surface area (Å²) in [5, 5.41) is 2.64. The maximum Gasteiger partial charge on any atom is 0.254 e. The van der Waals surface area contributed by atoms with Crippen LogP contribution in [0, 0.1) is 5.82 Å². The SMILES string of the molecule is CCCCCNC(=O)c1ccnc(N)c1F. The van der Waals surface area contributed by atoms with E-state index >= 15 is 0 Å². The van der Waals surface area contributed by atoms with Gasteiger partial charge in [-0.3, -0.25) is 4.79 Å². The van der Waals surface area contributed by atoms with Crippen LogP contribution in [-0.4, -0.2) is 17.4 Å². The minimum absolute atomic E-state index is 0.0519. The molecular formula is C11H16FN3O. The molecule has 1 rings (SSSR count). The Balaban J connectivity index is 2.56. The molecule has 0 fully saturated rings. The van der Waals surface area contributed by atoms with Gasteiger partial charge in [-0.15, -0.1) is 0 Å². The van der Waals surface area contributed by atoms with E-state index in [-0.39, 0.29) is 11.4 Å². The Hall–Kier alpha value is -1.65. The smallest absolute Gasteiger partial charge is 0.254 e. The van der Waals surface area contributed by atoms with E-state index in [1.807, 2.05) is 0 Å². The molecule has 16 heavy (non-hydrogen) atoms. The zero-order valence-electron chi connectivity index (χ0n) is 9.29. The van der Waals surface area contributed by atoms with Crippen molar-refractivity contribution in [2.75, 3.05) is 12.3 Å². The number of amides is 1. The number of hydrogen-bond donors (Lipinski definition) is 2. The summed E-state index contributed by atoms with van der Waals surface area (Å²) < 4.78 is 13.4. The van der Waals surface area contributed by atoms with Gasteiger partial charge >= 0.3 is 0 Å². The second kappa shape index (κ2) is 6.05. The molecule has 5 heteroatoms. The van der Waals surface area contributed by atoms with E-state index < -0.39 is 11.7 Å². The second-order valence-corrected chi connectivity index (χ2v) is 3.52. The fourth-order valence-corrected chi connectivity index (χ4v) is 1.31. The van der Waals surface area contributed by atoms with Gasteiger partial charge < -0.3 is 11.1 Å². The van der Waals surface area contributed by atoms with Crippen molar-refractivity contribution in [3.8, 4) is 0 Å². The first-order valence-electron chi connectivity index (χ1n) is 5.35. The van der Waals surface area contributed by atoms with E-state index in [0.717, 1.165) is 19.3 Å². The Bertz CT molecular complexity index is 368. The van der Waals surface area contributed by atoms with Crippen molar-refractivity contribution in [3.05, 3.63) is 23.6 Å². The Kier molecular flexibility index (Phi) is 4.69. The first kappa shape index (κ1) is 12.4. The molecule has 0 radical (unpaired) electrons. The summed E-state index contributed by atoms with van der Waals surface area (Å²) >= 11 is 0. The number of halogens is 1. The van der Waals surface area contributed by atoms with E-state index in [0.29, 0.717) is 6.54 Å². The molecule has 88 valence electrons. The minimum Gasteiger partial charge on any atom is -0.381 e.